The number of nitrogens with zero attached hydrogens (tertiary/aromatic N) is 2. The molecule has 4 aromatic rings. The molecule has 0 fully saturated rings. The summed E-state index contributed by atoms with van der Waals surface area (Å²) in [6.07, 6.45) is 0. The van der Waals surface area contributed by atoms with Gasteiger partial charge in [-0.05, 0) is 69.2 Å². The Morgan fingerprint density at radius 2 is 1.50 bits per heavy atom. The van der Waals surface area contributed by atoms with Gasteiger partial charge in [0.1, 0.15) is 22.7 Å². The standard InChI is InChI=1S/C33H33N5O4/c1-5-34-27-16-29-24(14-19(27)3)33(25-15-20(4)28(35-6-2)17-30(25)42-29)23-12-8-7-11-22(23)32(41)38(33)37-31(40)26-13-9-10-21(18-39)36-26/h7-17,34-35,39H,5-6,18H2,1-4H3,(H,37,40). The van der Waals surface area contributed by atoms with Crippen LogP contribution in [0.15, 0.2) is 66.7 Å². The number of ether oxygens (including phenoxy) is 1. The first-order valence-corrected chi connectivity index (χ1v) is 14.1. The topological polar surface area (TPSA) is 116 Å². The zero-order valence-electron chi connectivity index (χ0n) is 24.0. The molecule has 4 N–H and O–H groups in total. The summed E-state index contributed by atoms with van der Waals surface area (Å²) in [5.41, 5.74) is 8.62. The second-order valence-corrected chi connectivity index (χ2v) is 10.5. The summed E-state index contributed by atoms with van der Waals surface area (Å²) in [6.45, 7) is 9.24. The molecule has 1 spiro atoms. The van der Waals surface area contributed by atoms with Gasteiger partial charge in [-0.15, -0.1) is 0 Å². The molecule has 0 unspecified atom stereocenters. The predicted octanol–water partition coefficient (Wildman–Crippen LogP) is 5.25. The van der Waals surface area contributed by atoms with Crippen molar-refractivity contribution in [3.05, 3.63) is 111 Å². The van der Waals surface area contributed by atoms with Crippen molar-refractivity contribution in [1.82, 2.24) is 15.4 Å². The van der Waals surface area contributed by atoms with Crippen LogP contribution < -0.4 is 20.8 Å². The summed E-state index contributed by atoms with van der Waals surface area (Å²) in [4.78, 5) is 32.3. The van der Waals surface area contributed by atoms with Crippen molar-refractivity contribution in [2.45, 2.75) is 39.8 Å². The summed E-state index contributed by atoms with van der Waals surface area (Å²) in [5.74, 6) is 0.249. The number of nitrogens with one attached hydrogen (secondary N) is 3. The SMILES string of the molecule is CCNc1cc2c(cc1C)C1(c3cc(C)c(NCC)cc3O2)c2ccccc2C(=O)N1NC(=O)c1cccc(CO)n1. The Hall–Kier alpha value is -4.89. The smallest absolute Gasteiger partial charge is 0.288 e. The van der Waals surface area contributed by atoms with Crippen LogP contribution >= 0.6 is 0 Å². The van der Waals surface area contributed by atoms with Gasteiger partial charge in [-0.3, -0.25) is 15.0 Å². The number of hydrazine groups is 1. The molecule has 3 aromatic carbocycles. The monoisotopic (exact) mass is 563 g/mol. The quantitative estimate of drug-likeness (QED) is 0.243. The lowest BCUT2D eigenvalue weighted by Crippen LogP contribution is -2.56. The van der Waals surface area contributed by atoms with E-state index in [0.717, 1.165) is 52.3 Å². The first-order chi connectivity index (χ1) is 20.3. The van der Waals surface area contributed by atoms with Crippen molar-refractivity contribution in [1.29, 1.82) is 0 Å². The predicted molar refractivity (Wildman–Crippen MR) is 161 cm³/mol. The average molecular weight is 564 g/mol. The van der Waals surface area contributed by atoms with E-state index < -0.39 is 11.4 Å². The van der Waals surface area contributed by atoms with E-state index in [1.165, 1.54) is 5.01 Å². The first kappa shape index (κ1) is 27.3. The number of carbonyl (C=O) groups is 2. The van der Waals surface area contributed by atoms with Gasteiger partial charge in [0.25, 0.3) is 11.8 Å². The fourth-order valence-corrected chi connectivity index (χ4v) is 6.03. The second kappa shape index (κ2) is 10.5. The molecule has 214 valence electrons. The molecule has 2 amide bonds. The molecule has 0 radical (unpaired) electrons. The third-order valence-corrected chi connectivity index (χ3v) is 7.89. The van der Waals surface area contributed by atoms with Crippen molar-refractivity contribution in [3.63, 3.8) is 0 Å². The molecule has 2 aliphatic heterocycles. The molecular formula is C33H33N5O4. The number of aliphatic hydroxyl groups excluding tert-OH is 1. The highest BCUT2D eigenvalue weighted by atomic mass is 16.5. The summed E-state index contributed by atoms with van der Waals surface area (Å²) in [7, 11) is 0. The highest BCUT2D eigenvalue weighted by Crippen LogP contribution is 2.58. The molecule has 9 heteroatoms. The highest BCUT2D eigenvalue weighted by Gasteiger charge is 2.57. The van der Waals surface area contributed by atoms with E-state index >= 15 is 0 Å². The Morgan fingerprint density at radius 1 is 0.881 bits per heavy atom. The van der Waals surface area contributed by atoms with E-state index in [0.29, 0.717) is 22.8 Å². The van der Waals surface area contributed by atoms with Crippen LogP contribution in [-0.2, 0) is 12.1 Å². The molecule has 3 heterocycles. The van der Waals surface area contributed by atoms with E-state index in [-0.39, 0.29) is 18.2 Å². The van der Waals surface area contributed by atoms with Crippen molar-refractivity contribution < 1.29 is 19.4 Å². The third-order valence-electron chi connectivity index (χ3n) is 7.89. The molecule has 0 bridgehead atoms. The van der Waals surface area contributed by atoms with Gasteiger partial charge < -0.3 is 20.5 Å². The Balaban J connectivity index is 1.64. The van der Waals surface area contributed by atoms with Crippen LogP contribution in [0.2, 0.25) is 0 Å². The number of benzene rings is 3. The minimum atomic E-state index is -1.23. The number of rotatable bonds is 7. The summed E-state index contributed by atoms with van der Waals surface area (Å²) < 4.78 is 6.60. The number of fused-ring (bicyclic) bond motifs is 6. The van der Waals surface area contributed by atoms with Gasteiger partial charge in [0.05, 0.1) is 12.3 Å². The molecule has 6 rings (SSSR count). The molecule has 0 atom stereocenters. The van der Waals surface area contributed by atoms with Gasteiger partial charge in [0, 0.05) is 58.9 Å². The Kier molecular flexibility index (Phi) is 6.82. The van der Waals surface area contributed by atoms with E-state index in [2.05, 4.69) is 21.0 Å². The Bertz CT molecular complexity index is 1670. The lowest BCUT2D eigenvalue weighted by Gasteiger charge is -2.44. The van der Waals surface area contributed by atoms with Crippen molar-refractivity contribution in [2.24, 2.45) is 0 Å². The zero-order chi connectivity index (χ0) is 29.6. The van der Waals surface area contributed by atoms with Gasteiger partial charge >= 0.3 is 0 Å². The number of amides is 2. The molecule has 0 saturated heterocycles. The number of anilines is 2. The highest BCUT2D eigenvalue weighted by molar-refractivity contribution is 6.04. The van der Waals surface area contributed by atoms with E-state index in [4.69, 9.17) is 4.74 Å². The normalized spacial score (nSPS) is 14.1. The van der Waals surface area contributed by atoms with E-state index in [9.17, 15) is 14.7 Å². The molecule has 9 nitrogen and oxygen atoms in total. The third kappa shape index (κ3) is 4.08. The van der Waals surface area contributed by atoms with Gasteiger partial charge in [0.2, 0.25) is 0 Å². The fourth-order valence-electron chi connectivity index (χ4n) is 6.03. The zero-order valence-corrected chi connectivity index (χ0v) is 24.0. The Morgan fingerprint density at radius 3 is 2.10 bits per heavy atom. The number of aromatic nitrogens is 1. The maximum Gasteiger partial charge on any atom is 0.288 e. The lowest BCUT2D eigenvalue weighted by molar-refractivity contribution is 0.0445. The summed E-state index contributed by atoms with van der Waals surface area (Å²) in [5, 5.41) is 17.8. The van der Waals surface area contributed by atoms with Gasteiger partial charge in [0.15, 0.2) is 0 Å². The summed E-state index contributed by atoms with van der Waals surface area (Å²) in [6, 6.07) is 20.3. The average Bonchev–Trinajstić information content (AvgIpc) is 3.23. The van der Waals surface area contributed by atoms with Gasteiger partial charge in [-0.1, -0.05) is 24.3 Å². The first-order valence-electron chi connectivity index (χ1n) is 14.1. The second-order valence-electron chi connectivity index (χ2n) is 10.5. The van der Waals surface area contributed by atoms with Crippen LogP contribution in [-0.4, -0.2) is 40.0 Å². The number of aryl methyl sites for hydroxylation is 2. The molecule has 1 aromatic heterocycles. The van der Waals surface area contributed by atoms with Gasteiger partial charge in [-0.2, -0.15) is 0 Å². The van der Waals surface area contributed by atoms with Crippen LogP contribution in [0.1, 0.15) is 68.2 Å². The number of pyridine rings is 1. The van der Waals surface area contributed by atoms with Crippen LogP contribution in [0.4, 0.5) is 11.4 Å². The minimum absolute atomic E-state index is 0.0883. The maximum atomic E-state index is 14.3. The summed E-state index contributed by atoms with van der Waals surface area (Å²) >= 11 is 0. The van der Waals surface area contributed by atoms with Crippen LogP contribution in [0, 0.1) is 13.8 Å². The number of carbonyl (C=O) groups excluding carboxylic acids is 2. The van der Waals surface area contributed by atoms with E-state index in [1.807, 2.05) is 70.2 Å². The van der Waals surface area contributed by atoms with Crippen LogP contribution in [0.5, 0.6) is 11.5 Å². The molecule has 0 saturated carbocycles. The van der Waals surface area contributed by atoms with Crippen LogP contribution in [0.3, 0.4) is 0 Å². The lowest BCUT2D eigenvalue weighted by atomic mass is 9.74. The minimum Gasteiger partial charge on any atom is -0.456 e. The van der Waals surface area contributed by atoms with Crippen molar-refractivity contribution in [3.8, 4) is 11.5 Å². The molecule has 0 aliphatic carbocycles. The number of hydrogen-bond donors (Lipinski definition) is 4. The number of hydrogen-bond acceptors (Lipinski definition) is 7. The molecule has 2 aliphatic rings. The largest absolute Gasteiger partial charge is 0.456 e. The van der Waals surface area contributed by atoms with E-state index in [1.54, 1.807) is 24.3 Å². The van der Waals surface area contributed by atoms with Crippen molar-refractivity contribution >= 4 is 23.2 Å². The molecule has 42 heavy (non-hydrogen) atoms. The Labute approximate surface area is 244 Å². The van der Waals surface area contributed by atoms with Crippen LogP contribution in [0.25, 0.3) is 0 Å². The fraction of sp³-hybridized carbons (Fsp3) is 0.242. The van der Waals surface area contributed by atoms with Crippen molar-refractivity contribution in [2.75, 3.05) is 23.7 Å². The maximum absolute atomic E-state index is 14.3. The molecular weight excluding hydrogens is 530 g/mol. The number of aliphatic hydroxyl groups is 1. The van der Waals surface area contributed by atoms with Gasteiger partial charge in [-0.25, -0.2) is 9.99 Å².